The van der Waals surface area contributed by atoms with E-state index >= 15 is 0 Å². The maximum Gasteiger partial charge on any atom is 0.255 e. The number of nitrogens with two attached hydrogens (primary N) is 1. The van der Waals surface area contributed by atoms with Crippen molar-refractivity contribution >= 4 is 21.6 Å². The molecule has 0 aliphatic carbocycles. The fourth-order valence-corrected chi connectivity index (χ4v) is 2.11. The first-order chi connectivity index (χ1) is 9.90. The molecule has 0 bridgehead atoms. The number of sulfonamides is 1. The van der Waals surface area contributed by atoms with E-state index in [-0.39, 0.29) is 10.8 Å². The van der Waals surface area contributed by atoms with Gasteiger partial charge in [0.05, 0.1) is 12.0 Å². The van der Waals surface area contributed by atoms with Crippen molar-refractivity contribution in [2.45, 2.75) is 4.90 Å². The number of carbonyl (C=O) groups is 1. The predicted molar refractivity (Wildman–Crippen MR) is 76.6 cm³/mol. The number of benzene rings is 1. The van der Waals surface area contributed by atoms with Crippen molar-refractivity contribution in [3.8, 4) is 5.88 Å². The summed E-state index contributed by atoms with van der Waals surface area (Å²) in [6, 6.07) is 8.58. The first-order valence-corrected chi connectivity index (χ1v) is 7.39. The molecule has 1 aromatic heterocycles. The monoisotopic (exact) mass is 307 g/mol. The first-order valence-electron chi connectivity index (χ1n) is 5.84. The summed E-state index contributed by atoms with van der Waals surface area (Å²) in [5, 5.41) is 7.63. The van der Waals surface area contributed by atoms with Gasteiger partial charge in [-0.2, -0.15) is 0 Å². The zero-order valence-corrected chi connectivity index (χ0v) is 11.9. The summed E-state index contributed by atoms with van der Waals surface area (Å²) >= 11 is 0. The largest absolute Gasteiger partial charge is 0.481 e. The van der Waals surface area contributed by atoms with E-state index in [1.807, 2.05) is 0 Å². The standard InChI is InChI=1S/C13H13N3O4S/c1-20-12-8-9(6-7-15-12)13(17)16-10-2-4-11(5-3-10)21(14,18)19/h2-8H,1H3,(H,16,17)(H2,14,18,19). The molecule has 2 rings (SSSR count). The molecule has 1 amide bonds. The van der Waals surface area contributed by atoms with Gasteiger partial charge in [-0.3, -0.25) is 4.79 Å². The topological polar surface area (TPSA) is 111 Å². The van der Waals surface area contributed by atoms with Crippen LogP contribution in [0, 0.1) is 0 Å². The summed E-state index contributed by atoms with van der Waals surface area (Å²) < 4.78 is 27.2. The van der Waals surface area contributed by atoms with Crippen molar-refractivity contribution in [2.75, 3.05) is 12.4 Å². The average Bonchev–Trinajstić information content (AvgIpc) is 2.47. The Labute approximate surface area is 121 Å². The molecule has 3 N–H and O–H groups in total. The smallest absolute Gasteiger partial charge is 0.255 e. The van der Waals surface area contributed by atoms with E-state index in [4.69, 9.17) is 9.88 Å². The van der Waals surface area contributed by atoms with E-state index in [9.17, 15) is 13.2 Å². The van der Waals surface area contributed by atoms with Gasteiger partial charge in [-0.05, 0) is 30.3 Å². The molecule has 0 saturated carbocycles. The highest BCUT2D eigenvalue weighted by Crippen LogP contribution is 2.15. The number of hydrogen-bond acceptors (Lipinski definition) is 5. The number of primary sulfonamides is 1. The molecule has 8 heteroatoms. The number of aromatic nitrogens is 1. The van der Waals surface area contributed by atoms with E-state index in [1.165, 1.54) is 49.7 Å². The zero-order chi connectivity index (χ0) is 15.5. The second-order valence-corrected chi connectivity index (χ2v) is 5.67. The minimum absolute atomic E-state index is 0.0221. The van der Waals surface area contributed by atoms with Crippen LogP contribution in [0.25, 0.3) is 0 Å². The van der Waals surface area contributed by atoms with Gasteiger partial charge in [0.25, 0.3) is 5.91 Å². The lowest BCUT2D eigenvalue weighted by molar-refractivity contribution is 0.102. The van der Waals surface area contributed by atoms with Crippen molar-refractivity contribution in [2.24, 2.45) is 5.14 Å². The van der Waals surface area contributed by atoms with Gasteiger partial charge in [0.15, 0.2) is 0 Å². The lowest BCUT2D eigenvalue weighted by Crippen LogP contribution is -2.14. The summed E-state index contributed by atoms with van der Waals surface area (Å²) in [4.78, 5) is 15.9. The van der Waals surface area contributed by atoms with Crippen LogP contribution in [0.3, 0.4) is 0 Å². The quantitative estimate of drug-likeness (QED) is 0.875. The van der Waals surface area contributed by atoms with Gasteiger partial charge < -0.3 is 10.1 Å². The number of rotatable bonds is 4. The predicted octanol–water partition coefficient (Wildman–Crippen LogP) is 0.990. The van der Waals surface area contributed by atoms with Crippen LogP contribution in [-0.4, -0.2) is 26.4 Å². The van der Waals surface area contributed by atoms with E-state index in [0.717, 1.165) is 0 Å². The van der Waals surface area contributed by atoms with Crippen LogP contribution in [0.4, 0.5) is 5.69 Å². The fraction of sp³-hybridized carbons (Fsp3) is 0.0769. The number of hydrogen-bond donors (Lipinski definition) is 2. The van der Waals surface area contributed by atoms with Gasteiger partial charge >= 0.3 is 0 Å². The molecular weight excluding hydrogens is 294 g/mol. The highest BCUT2D eigenvalue weighted by molar-refractivity contribution is 7.89. The second-order valence-electron chi connectivity index (χ2n) is 4.11. The van der Waals surface area contributed by atoms with E-state index in [2.05, 4.69) is 10.3 Å². The number of methoxy groups -OCH3 is 1. The third-order valence-corrected chi connectivity index (χ3v) is 3.58. The Kier molecular flexibility index (Phi) is 4.20. The van der Waals surface area contributed by atoms with Crippen LogP contribution in [0.5, 0.6) is 5.88 Å². The Bertz CT molecular complexity index is 757. The van der Waals surface area contributed by atoms with Crippen molar-refractivity contribution in [1.82, 2.24) is 4.98 Å². The Morgan fingerprint density at radius 1 is 1.24 bits per heavy atom. The first kappa shape index (κ1) is 14.9. The van der Waals surface area contributed by atoms with E-state index < -0.39 is 10.0 Å². The van der Waals surface area contributed by atoms with Crippen molar-refractivity contribution in [3.63, 3.8) is 0 Å². The number of nitrogens with one attached hydrogen (secondary N) is 1. The number of amides is 1. The van der Waals surface area contributed by atoms with Crippen LogP contribution in [0.15, 0.2) is 47.5 Å². The van der Waals surface area contributed by atoms with Crippen molar-refractivity contribution in [3.05, 3.63) is 48.2 Å². The summed E-state index contributed by atoms with van der Waals surface area (Å²) in [7, 11) is -2.29. The van der Waals surface area contributed by atoms with E-state index in [1.54, 1.807) is 0 Å². The van der Waals surface area contributed by atoms with Gasteiger partial charge in [-0.1, -0.05) is 0 Å². The van der Waals surface area contributed by atoms with Crippen LogP contribution in [0.1, 0.15) is 10.4 Å². The molecule has 0 aliphatic rings. The van der Waals surface area contributed by atoms with E-state index in [0.29, 0.717) is 17.1 Å². The van der Waals surface area contributed by atoms with Crippen LogP contribution in [-0.2, 0) is 10.0 Å². The van der Waals surface area contributed by atoms with Gasteiger partial charge in [0.1, 0.15) is 0 Å². The summed E-state index contributed by atoms with van der Waals surface area (Å²) in [6.45, 7) is 0. The van der Waals surface area contributed by atoms with Gasteiger partial charge in [-0.15, -0.1) is 0 Å². The van der Waals surface area contributed by atoms with Gasteiger partial charge in [-0.25, -0.2) is 18.5 Å². The third-order valence-electron chi connectivity index (χ3n) is 2.65. The summed E-state index contributed by atoms with van der Waals surface area (Å²) in [5.74, 6) is -0.0359. The minimum Gasteiger partial charge on any atom is -0.481 e. The summed E-state index contributed by atoms with van der Waals surface area (Å²) in [5.41, 5.74) is 0.820. The maximum absolute atomic E-state index is 12.0. The number of ether oxygens (including phenoxy) is 1. The fourth-order valence-electron chi connectivity index (χ4n) is 1.59. The number of carbonyl (C=O) groups excluding carboxylic acids is 1. The maximum atomic E-state index is 12.0. The zero-order valence-electron chi connectivity index (χ0n) is 11.1. The van der Waals surface area contributed by atoms with Crippen LogP contribution < -0.4 is 15.2 Å². The van der Waals surface area contributed by atoms with Gasteiger partial charge in [0, 0.05) is 23.5 Å². The number of nitrogens with zero attached hydrogens (tertiary/aromatic N) is 1. The van der Waals surface area contributed by atoms with Crippen LogP contribution in [0.2, 0.25) is 0 Å². The Hall–Kier alpha value is -2.45. The third kappa shape index (κ3) is 3.77. The summed E-state index contributed by atoms with van der Waals surface area (Å²) in [6.07, 6.45) is 1.46. The molecule has 0 saturated heterocycles. The highest BCUT2D eigenvalue weighted by Gasteiger charge is 2.10. The Morgan fingerprint density at radius 2 is 1.90 bits per heavy atom. The van der Waals surface area contributed by atoms with Crippen LogP contribution >= 0.6 is 0 Å². The molecule has 0 atom stereocenters. The molecular formula is C13H13N3O4S. The molecule has 0 unspecified atom stereocenters. The molecule has 0 radical (unpaired) electrons. The second kappa shape index (κ2) is 5.90. The minimum atomic E-state index is -3.75. The molecule has 110 valence electrons. The Morgan fingerprint density at radius 3 is 2.48 bits per heavy atom. The normalized spacial score (nSPS) is 11.0. The lowest BCUT2D eigenvalue weighted by Gasteiger charge is -2.07. The van der Waals surface area contributed by atoms with Crippen molar-refractivity contribution < 1.29 is 17.9 Å². The molecule has 7 nitrogen and oxygen atoms in total. The SMILES string of the molecule is COc1cc(C(=O)Nc2ccc(S(N)(=O)=O)cc2)ccn1. The number of anilines is 1. The van der Waals surface area contributed by atoms with Gasteiger partial charge in [0.2, 0.25) is 15.9 Å². The molecule has 2 aromatic rings. The lowest BCUT2D eigenvalue weighted by atomic mass is 10.2. The highest BCUT2D eigenvalue weighted by atomic mass is 32.2. The number of pyridine rings is 1. The average molecular weight is 307 g/mol. The molecule has 0 spiro atoms. The molecule has 1 heterocycles. The molecule has 0 fully saturated rings. The Balaban J connectivity index is 2.16. The molecule has 0 aliphatic heterocycles. The van der Waals surface area contributed by atoms with Crippen molar-refractivity contribution in [1.29, 1.82) is 0 Å². The molecule has 1 aromatic carbocycles. The molecule has 21 heavy (non-hydrogen) atoms.